The molecule has 2 heterocycles. The third-order valence-corrected chi connectivity index (χ3v) is 3.31. The number of nitrogens with one attached hydrogen (secondary N) is 1. The van der Waals surface area contributed by atoms with Gasteiger partial charge in [-0.15, -0.1) is 0 Å². The Bertz CT molecular complexity index is 785. The molecule has 22 heavy (non-hydrogen) atoms. The van der Waals surface area contributed by atoms with Crippen LogP contribution in [0.15, 0.2) is 48.9 Å². The first kappa shape index (κ1) is 14.1. The standard InChI is InChI=1S/C16H17N5O/c1-12-3-5-13(6-4-12)10-21-8-7-15(19-21)18-16(22)14-9-17-20(2)11-14/h3-9,11H,10H2,1-2H3,(H,18,19,22). The summed E-state index contributed by atoms with van der Waals surface area (Å²) in [5.74, 6) is 0.314. The molecule has 0 saturated carbocycles. The number of amides is 1. The second-order valence-electron chi connectivity index (χ2n) is 5.24. The monoisotopic (exact) mass is 295 g/mol. The fourth-order valence-corrected chi connectivity index (χ4v) is 2.12. The second-order valence-corrected chi connectivity index (χ2v) is 5.24. The molecule has 0 aliphatic rings. The van der Waals surface area contributed by atoms with Gasteiger partial charge in [0.15, 0.2) is 5.82 Å². The van der Waals surface area contributed by atoms with Crippen LogP contribution in [0.25, 0.3) is 0 Å². The minimum absolute atomic E-state index is 0.214. The molecule has 0 atom stereocenters. The SMILES string of the molecule is Cc1ccc(Cn2ccc(NC(=O)c3cnn(C)c3)n2)cc1. The molecule has 0 unspecified atom stereocenters. The first-order valence-electron chi connectivity index (χ1n) is 6.99. The summed E-state index contributed by atoms with van der Waals surface area (Å²) in [4.78, 5) is 12.0. The van der Waals surface area contributed by atoms with Gasteiger partial charge in [-0.2, -0.15) is 10.2 Å². The molecule has 0 bridgehead atoms. The largest absolute Gasteiger partial charge is 0.305 e. The molecule has 0 aliphatic carbocycles. The van der Waals surface area contributed by atoms with Gasteiger partial charge in [0, 0.05) is 25.5 Å². The molecule has 0 aliphatic heterocycles. The molecule has 1 N–H and O–H groups in total. The Kier molecular flexibility index (Phi) is 3.74. The summed E-state index contributed by atoms with van der Waals surface area (Å²) in [5.41, 5.74) is 2.91. The molecule has 112 valence electrons. The molecule has 0 fully saturated rings. The van der Waals surface area contributed by atoms with E-state index in [1.54, 1.807) is 28.7 Å². The lowest BCUT2D eigenvalue weighted by Gasteiger charge is -2.03. The highest BCUT2D eigenvalue weighted by atomic mass is 16.1. The zero-order valence-electron chi connectivity index (χ0n) is 12.5. The van der Waals surface area contributed by atoms with Gasteiger partial charge in [-0.1, -0.05) is 29.8 Å². The van der Waals surface area contributed by atoms with Crippen molar-refractivity contribution >= 4 is 11.7 Å². The summed E-state index contributed by atoms with van der Waals surface area (Å²) in [6.07, 6.45) is 5.04. The molecular weight excluding hydrogens is 278 g/mol. The number of hydrogen-bond donors (Lipinski definition) is 1. The number of anilines is 1. The summed E-state index contributed by atoms with van der Waals surface area (Å²) < 4.78 is 3.38. The van der Waals surface area contributed by atoms with Crippen molar-refractivity contribution in [2.75, 3.05) is 5.32 Å². The molecule has 6 nitrogen and oxygen atoms in total. The number of hydrogen-bond acceptors (Lipinski definition) is 3. The van der Waals surface area contributed by atoms with E-state index in [1.165, 1.54) is 17.3 Å². The van der Waals surface area contributed by atoms with Gasteiger partial charge in [0.2, 0.25) is 0 Å². The zero-order chi connectivity index (χ0) is 15.5. The lowest BCUT2D eigenvalue weighted by molar-refractivity contribution is 0.102. The highest BCUT2D eigenvalue weighted by molar-refractivity contribution is 6.03. The summed E-state index contributed by atoms with van der Waals surface area (Å²) in [6.45, 7) is 2.73. The van der Waals surface area contributed by atoms with Crippen molar-refractivity contribution in [3.05, 3.63) is 65.6 Å². The van der Waals surface area contributed by atoms with Gasteiger partial charge in [-0.05, 0) is 12.5 Å². The van der Waals surface area contributed by atoms with Crippen molar-refractivity contribution in [3.63, 3.8) is 0 Å². The first-order valence-corrected chi connectivity index (χ1v) is 6.99. The van der Waals surface area contributed by atoms with Crippen molar-refractivity contribution < 1.29 is 4.79 Å². The number of aromatic nitrogens is 4. The van der Waals surface area contributed by atoms with E-state index < -0.39 is 0 Å². The number of rotatable bonds is 4. The number of nitrogens with zero attached hydrogens (tertiary/aromatic N) is 4. The summed E-state index contributed by atoms with van der Waals surface area (Å²) >= 11 is 0. The predicted octanol–water partition coefficient (Wildman–Crippen LogP) is 2.23. The van der Waals surface area contributed by atoms with Crippen LogP contribution < -0.4 is 5.32 Å². The molecular formula is C16H17N5O. The lowest BCUT2D eigenvalue weighted by atomic mass is 10.1. The molecule has 0 spiro atoms. The number of carbonyl (C=O) groups excluding carboxylic acids is 1. The molecule has 3 aromatic rings. The summed E-state index contributed by atoms with van der Waals surface area (Å²) in [7, 11) is 1.77. The maximum atomic E-state index is 12.0. The highest BCUT2D eigenvalue weighted by Gasteiger charge is 2.09. The minimum Gasteiger partial charge on any atom is -0.305 e. The highest BCUT2D eigenvalue weighted by Crippen LogP contribution is 2.09. The lowest BCUT2D eigenvalue weighted by Crippen LogP contribution is -2.12. The Labute approximate surface area is 128 Å². The van der Waals surface area contributed by atoms with Crippen LogP contribution in [0.4, 0.5) is 5.82 Å². The maximum Gasteiger partial charge on any atom is 0.260 e. The van der Waals surface area contributed by atoms with Gasteiger partial charge in [0.1, 0.15) is 0 Å². The Morgan fingerprint density at radius 2 is 2.00 bits per heavy atom. The smallest absolute Gasteiger partial charge is 0.260 e. The van der Waals surface area contributed by atoms with Crippen molar-refractivity contribution in [1.82, 2.24) is 19.6 Å². The van der Waals surface area contributed by atoms with Crippen LogP contribution in [0.2, 0.25) is 0 Å². The molecule has 1 aromatic carbocycles. The molecule has 3 rings (SSSR count). The molecule has 2 aromatic heterocycles. The Hall–Kier alpha value is -2.89. The van der Waals surface area contributed by atoms with E-state index in [4.69, 9.17) is 0 Å². The van der Waals surface area contributed by atoms with Crippen LogP contribution in [0, 0.1) is 6.92 Å². The van der Waals surface area contributed by atoms with E-state index in [0.29, 0.717) is 17.9 Å². The van der Waals surface area contributed by atoms with E-state index >= 15 is 0 Å². The second kappa shape index (κ2) is 5.85. The van der Waals surface area contributed by atoms with Crippen LogP contribution in [0.5, 0.6) is 0 Å². The van der Waals surface area contributed by atoms with Gasteiger partial charge in [0.25, 0.3) is 5.91 Å². The third-order valence-electron chi connectivity index (χ3n) is 3.31. The van der Waals surface area contributed by atoms with E-state index in [-0.39, 0.29) is 5.91 Å². The Balaban J connectivity index is 1.66. The third kappa shape index (κ3) is 3.22. The summed E-state index contributed by atoms with van der Waals surface area (Å²) in [5, 5.41) is 11.1. The van der Waals surface area contributed by atoms with Crippen LogP contribution in [0.3, 0.4) is 0 Å². The van der Waals surface area contributed by atoms with Gasteiger partial charge in [0.05, 0.1) is 18.3 Å². The van der Waals surface area contributed by atoms with Crippen molar-refractivity contribution in [1.29, 1.82) is 0 Å². The van der Waals surface area contributed by atoms with Crippen LogP contribution in [-0.4, -0.2) is 25.5 Å². The molecule has 1 amide bonds. The average molecular weight is 295 g/mol. The maximum absolute atomic E-state index is 12.0. The van der Waals surface area contributed by atoms with E-state index in [1.807, 2.05) is 6.20 Å². The Morgan fingerprint density at radius 1 is 1.23 bits per heavy atom. The topological polar surface area (TPSA) is 64.7 Å². The zero-order valence-corrected chi connectivity index (χ0v) is 12.5. The van der Waals surface area contributed by atoms with Crippen LogP contribution >= 0.6 is 0 Å². The van der Waals surface area contributed by atoms with Gasteiger partial charge >= 0.3 is 0 Å². The van der Waals surface area contributed by atoms with Crippen molar-refractivity contribution in [2.45, 2.75) is 13.5 Å². The normalized spacial score (nSPS) is 10.6. The number of benzene rings is 1. The molecule has 0 saturated heterocycles. The van der Waals surface area contributed by atoms with E-state index in [0.717, 1.165) is 0 Å². The fraction of sp³-hybridized carbons (Fsp3) is 0.188. The van der Waals surface area contributed by atoms with Gasteiger partial charge in [-0.25, -0.2) is 0 Å². The van der Waals surface area contributed by atoms with Crippen LogP contribution in [-0.2, 0) is 13.6 Å². The Morgan fingerprint density at radius 3 is 2.68 bits per heavy atom. The quantitative estimate of drug-likeness (QED) is 0.802. The van der Waals surface area contributed by atoms with Crippen molar-refractivity contribution in [2.24, 2.45) is 7.05 Å². The number of aryl methyl sites for hydroxylation is 2. The van der Waals surface area contributed by atoms with Gasteiger partial charge < -0.3 is 5.32 Å². The van der Waals surface area contributed by atoms with Gasteiger partial charge in [-0.3, -0.25) is 14.2 Å². The molecule has 0 radical (unpaired) electrons. The van der Waals surface area contributed by atoms with E-state index in [9.17, 15) is 4.79 Å². The first-order chi connectivity index (χ1) is 10.6. The number of carbonyl (C=O) groups is 1. The minimum atomic E-state index is -0.214. The van der Waals surface area contributed by atoms with E-state index in [2.05, 4.69) is 46.7 Å². The van der Waals surface area contributed by atoms with Crippen LogP contribution in [0.1, 0.15) is 21.5 Å². The molecule has 6 heteroatoms. The summed E-state index contributed by atoms with van der Waals surface area (Å²) in [6, 6.07) is 10.1. The average Bonchev–Trinajstić information content (AvgIpc) is 3.11. The predicted molar refractivity (Wildman–Crippen MR) is 83.7 cm³/mol. The fourth-order valence-electron chi connectivity index (χ4n) is 2.12. The van der Waals surface area contributed by atoms with Crippen molar-refractivity contribution in [3.8, 4) is 0 Å².